The summed E-state index contributed by atoms with van der Waals surface area (Å²) < 4.78 is 18.8. The van der Waals surface area contributed by atoms with Gasteiger partial charge < -0.3 is 19.3 Å². The molecule has 33 heavy (non-hydrogen) atoms. The van der Waals surface area contributed by atoms with E-state index >= 15 is 0 Å². The van der Waals surface area contributed by atoms with Gasteiger partial charge in [-0.05, 0) is 25.5 Å². The van der Waals surface area contributed by atoms with E-state index in [4.69, 9.17) is 19.3 Å². The molecule has 178 valence electrons. The quantitative estimate of drug-likeness (QED) is 0.436. The first-order valence-corrected chi connectivity index (χ1v) is 11.3. The first kappa shape index (κ1) is 24.8. The van der Waals surface area contributed by atoms with Crippen LogP contribution < -0.4 is 9.47 Å². The van der Waals surface area contributed by atoms with E-state index in [9.17, 15) is 5.11 Å². The second kappa shape index (κ2) is 11.8. The Morgan fingerprint density at radius 2 is 1.70 bits per heavy atom. The first-order valence-electron chi connectivity index (χ1n) is 11.3. The molecule has 0 aliphatic rings. The van der Waals surface area contributed by atoms with E-state index in [1.54, 1.807) is 18.9 Å². The van der Waals surface area contributed by atoms with Gasteiger partial charge in [0, 0.05) is 38.9 Å². The summed E-state index contributed by atoms with van der Waals surface area (Å²) in [5.41, 5.74) is 2.83. The zero-order valence-electron chi connectivity index (χ0n) is 20.2. The third kappa shape index (κ3) is 6.13. The van der Waals surface area contributed by atoms with E-state index in [2.05, 4.69) is 18.7 Å². The van der Waals surface area contributed by atoms with E-state index in [0.29, 0.717) is 30.5 Å². The SMILES string of the molecule is CC[C@@H](C)N(Cc1c(-c2ccccc2)nn(C)c1Oc1ccccc1OC)C[C@H](O)COC. The molecule has 0 unspecified atom stereocenters. The van der Waals surface area contributed by atoms with Gasteiger partial charge in [0.15, 0.2) is 11.5 Å². The smallest absolute Gasteiger partial charge is 0.222 e. The fraction of sp³-hybridized carbons (Fsp3) is 0.423. The Balaban J connectivity index is 2.05. The van der Waals surface area contributed by atoms with Crippen molar-refractivity contribution >= 4 is 0 Å². The van der Waals surface area contributed by atoms with Gasteiger partial charge in [-0.1, -0.05) is 49.4 Å². The van der Waals surface area contributed by atoms with Crippen molar-refractivity contribution in [3.63, 3.8) is 0 Å². The summed E-state index contributed by atoms with van der Waals surface area (Å²) in [7, 11) is 5.11. The molecule has 0 bridgehead atoms. The maximum atomic E-state index is 10.5. The number of benzene rings is 2. The highest BCUT2D eigenvalue weighted by molar-refractivity contribution is 5.66. The van der Waals surface area contributed by atoms with Crippen LogP contribution in [0.4, 0.5) is 0 Å². The van der Waals surface area contributed by atoms with Gasteiger partial charge in [0.2, 0.25) is 5.88 Å². The maximum Gasteiger partial charge on any atom is 0.222 e. The predicted molar refractivity (Wildman–Crippen MR) is 130 cm³/mol. The second-order valence-electron chi connectivity index (χ2n) is 8.17. The Kier molecular flexibility index (Phi) is 8.88. The molecular formula is C26H35N3O4. The first-order chi connectivity index (χ1) is 16.0. The van der Waals surface area contributed by atoms with Crippen LogP contribution >= 0.6 is 0 Å². The Labute approximate surface area is 196 Å². The van der Waals surface area contributed by atoms with Crippen molar-refractivity contribution in [3.05, 3.63) is 60.2 Å². The molecule has 2 aromatic carbocycles. The lowest BCUT2D eigenvalue weighted by Crippen LogP contribution is -2.39. The summed E-state index contributed by atoms with van der Waals surface area (Å²) >= 11 is 0. The van der Waals surface area contributed by atoms with Gasteiger partial charge in [-0.3, -0.25) is 4.90 Å². The number of aryl methyl sites for hydroxylation is 1. The van der Waals surface area contributed by atoms with Crippen molar-refractivity contribution in [1.29, 1.82) is 0 Å². The molecule has 0 radical (unpaired) electrons. The largest absolute Gasteiger partial charge is 0.493 e. The van der Waals surface area contributed by atoms with Crippen molar-refractivity contribution in [2.24, 2.45) is 7.05 Å². The molecule has 0 amide bonds. The zero-order chi connectivity index (χ0) is 23.8. The molecule has 7 nitrogen and oxygen atoms in total. The maximum absolute atomic E-state index is 10.5. The Morgan fingerprint density at radius 3 is 2.33 bits per heavy atom. The van der Waals surface area contributed by atoms with Crippen LogP contribution in [0.5, 0.6) is 17.4 Å². The van der Waals surface area contributed by atoms with E-state index in [1.165, 1.54) is 0 Å². The van der Waals surface area contributed by atoms with E-state index < -0.39 is 6.10 Å². The molecule has 0 fully saturated rings. The zero-order valence-corrected chi connectivity index (χ0v) is 20.2. The molecule has 3 aromatic rings. The topological polar surface area (TPSA) is 69.0 Å². The molecule has 1 heterocycles. The van der Waals surface area contributed by atoms with Crippen LogP contribution in [-0.2, 0) is 18.3 Å². The summed E-state index contributed by atoms with van der Waals surface area (Å²) in [5, 5.41) is 15.3. The van der Waals surface area contributed by atoms with Crippen LogP contribution in [0.2, 0.25) is 0 Å². The van der Waals surface area contributed by atoms with Gasteiger partial charge in [-0.15, -0.1) is 0 Å². The third-order valence-electron chi connectivity index (χ3n) is 5.79. The number of ether oxygens (including phenoxy) is 3. The lowest BCUT2D eigenvalue weighted by Gasteiger charge is -2.30. The molecule has 7 heteroatoms. The number of rotatable bonds is 12. The minimum Gasteiger partial charge on any atom is -0.493 e. The van der Waals surface area contributed by atoms with Crippen molar-refractivity contribution in [3.8, 4) is 28.6 Å². The summed E-state index contributed by atoms with van der Waals surface area (Å²) in [4.78, 5) is 2.25. The highest BCUT2D eigenvalue weighted by Crippen LogP contribution is 2.37. The number of aliphatic hydroxyl groups is 1. The predicted octanol–water partition coefficient (Wildman–Crippen LogP) is 4.50. The number of aromatic nitrogens is 2. The molecule has 2 atom stereocenters. The number of methoxy groups -OCH3 is 2. The number of hydrogen-bond donors (Lipinski definition) is 1. The highest BCUT2D eigenvalue weighted by Gasteiger charge is 2.25. The van der Waals surface area contributed by atoms with Gasteiger partial charge in [-0.25, -0.2) is 4.68 Å². The summed E-state index contributed by atoms with van der Waals surface area (Å²) in [6, 6.07) is 17.9. The van der Waals surface area contributed by atoms with Crippen molar-refractivity contribution in [1.82, 2.24) is 14.7 Å². The minimum absolute atomic E-state index is 0.249. The standard InChI is InChI=1S/C26H35N3O4/c1-6-19(2)29(16-21(30)18-31-4)17-22-25(20-12-8-7-9-13-20)27-28(3)26(22)33-24-15-11-10-14-23(24)32-5/h7-15,19,21,30H,6,16-18H2,1-5H3/t19-,21+/m1/s1. The molecule has 1 aromatic heterocycles. The van der Waals surface area contributed by atoms with Gasteiger partial charge in [-0.2, -0.15) is 5.10 Å². The van der Waals surface area contributed by atoms with Crippen LogP contribution in [0.3, 0.4) is 0 Å². The number of para-hydroxylation sites is 2. The van der Waals surface area contributed by atoms with Crippen molar-refractivity contribution < 1.29 is 19.3 Å². The van der Waals surface area contributed by atoms with E-state index in [0.717, 1.165) is 23.2 Å². The normalized spacial score (nSPS) is 13.2. The second-order valence-corrected chi connectivity index (χ2v) is 8.17. The van der Waals surface area contributed by atoms with Crippen LogP contribution in [0, 0.1) is 0 Å². The fourth-order valence-electron chi connectivity index (χ4n) is 3.84. The number of aliphatic hydroxyl groups excluding tert-OH is 1. The van der Waals surface area contributed by atoms with Crippen molar-refractivity contribution in [2.75, 3.05) is 27.4 Å². The van der Waals surface area contributed by atoms with Gasteiger partial charge >= 0.3 is 0 Å². The average molecular weight is 454 g/mol. The number of hydrogen-bond acceptors (Lipinski definition) is 6. The molecule has 0 aliphatic carbocycles. The van der Waals surface area contributed by atoms with Gasteiger partial charge in [0.25, 0.3) is 0 Å². The molecule has 0 aliphatic heterocycles. The van der Waals surface area contributed by atoms with E-state index in [1.807, 2.05) is 61.6 Å². The minimum atomic E-state index is -0.584. The molecule has 1 N–H and O–H groups in total. The average Bonchev–Trinajstić information content (AvgIpc) is 3.14. The van der Waals surface area contributed by atoms with E-state index in [-0.39, 0.29) is 12.6 Å². The summed E-state index contributed by atoms with van der Waals surface area (Å²) in [5.74, 6) is 1.92. The highest BCUT2D eigenvalue weighted by atomic mass is 16.5. The third-order valence-corrected chi connectivity index (χ3v) is 5.79. The van der Waals surface area contributed by atoms with Crippen LogP contribution in [0.25, 0.3) is 11.3 Å². The summed E-state index contributed by atoms with van der Waals surface area (Å²) in [6.07, 6.45) is 0.364. The van der Waals surface area contributed by atoms with Gasteiger partial charge in [0.1, 0.15) is 5.69 Å². The Bertz CT molecular complexity index is 1010. The van der Waals surface area contributed by atoms with Crippen LogP contribution in [0.15, 0.2) is 54.6 Å². The van der Waals surface area contributed by atoms with Crippen molar-refractivity contribution in [2.45, 2.75) is 39.0 Å². The molecule has 0 spiro atoms. The van der Waals surface area contributed by atoms with Gasteiger partial charge in [0.05, 0.1) is 25.4 Å². The fourth-order valence-corrected chi connectivity index (χ4v) is 3.84. The molecular weight excluding hydrogens is 418 g/mol. The Morgan fingerprint density at radius 1 is 1.03 bits per heavy atom. The monoisotopic (exact) mass is 453 g/mol. The Hall–Kier alpha value is -2.87. The van der Waals surface area contributed by atoms with Crippen LogP contribution in [-0.4, -0.2) is 59.3 Å². The lowest BCUT2D eigenvalue weighted by atomic mass is 10.1. The molecule has 3 rings (SSSR count). The molecule has 0 saturated carbocycles. The molecule has 0 saturated heterocycles. The number of nitrogens with zero attached hydrogens (tertiary/aromatic N) is 3. The lowest BCUT2D eigenvalue weighted by molar-refractivity contribution is 0.0253. The summed E-state index contributed by atoms with van der Waals surface area (Å²) in [6.45, 7) is 5.65. The van der Waals surface area contributed by atoms with Crippen LogP contribution in [0.1, 0.15) is 25.8 Å².